The minimum Gasteiger partial charge on any atom is -0.392 e. The lowest BCUT2D eigenvalue weighted by Crippen LogP contribution is -2.57. The lowest BCUT2D eigenvalue weighted by atomic mass is 9.64. The molecule has 1 saturated carbocycles. The van der Waals surface area contributed by atoms with Crippen molar-refractivity contribution in [3.05, 3.63) is 41.3 Å². The van der Waals surface area contributed by atoms with Crippen molar-refractivity contribution in [3.8, 4) is 6.07 Å². The number of H-pyrrole nitrogens is 1. The van der Waals surface area contributed by atoms with E-state index in [1.54, 1.807) is 0 Å². The van der Waals surface area contributed by atoms with Crippen LogP contribution in [0.5, 0.6) is 0 Å². The number of halogens is 3. The fraction of sp³-hybridized carbons (Fsp3) is 0.444. The number of hydrogen-bond acceptors (Lipinski definition) is 6. The van der Waals surface area contributed by atoms with Crippen LogP contribution in [0, 0.1) is 16.7 Å². The zero-order valence-electron chi connectivity index (χ0n) is 15.3. The van der Waals surface area contributed by atoms with Crippen LogP contribution < -0.4 is 15.6 Å². The molecule has 4 N–H and O–H groups in total. The van der Waals surface area contributed by atoms with Crippen LogP contribution in [-0.4, -0.2) is 27.2 Å². The van der Waals surface area contributed by atoms with Crippen LogP contribution in [0.25, 0.3) is 0 Å². The lowest BCUT2D eigenvalue weighted by molar-refractivity contribution is -0.379. The second-order valence-corrected chi connectivity index (χ2v) is 7.27. The second kappa shape index (κ2) is 7.24. The van der Waals surface area contributed by atoms with Crippen molar-refractivity contribution in [1.29, 1.82) is 5.26 Å². The Kier molecular flexibility index (Phi) is 5.12. The maximum Gasteiger partial charge on any atom is 0.417 e. The highest BCUT2D eigenvalue weighted by molar-refractivity contribution is 5.54. The summed E-state index contributed by atoms with van der Waals surface area (Å²) in [5.74, 6) is 0.372. The minimum atomic E-state index is -4.47. The molecule has 148 valence electrons. The molecule has 0 bridgehead atoms. The van der Waals surface area contributed by atoms with E-state index < -0.39 is 17.8 Å². The molecule has 3 rings (SSSR count). The number of aliphatic hydroxyl groups excluding tert-OH is 1. The normalized spacial score (nSPS) is 20.8. The fourth-order valence-electron chi connectivity index (χ4n) is 3.03. The van der Waals surface area contributed by atoms with Crippen molar-refractivity contribution in [1.82, 2.24) is 9.97 Å². The number of pyridine rings is 1. The third kappa shape index (κ3) is 3.84. The van der Waals surface area contributed by atoms with Gasteiger partial charge in [-0.25, -0.2) is 9.97 Å². The fourth-order valence-corrected chi connectivity index (χ4v) is 3.03. The Morgan fingerprint density at radius 2 is 2.18 bits per heavy atom. The van der Waals surface area contributed by atoms with Crippen LogP contribution >= 0.6 is 0 Å². The maximum absolute atomic E-state index is 13.1. The summed E-state index contributed by atoms with van der Waals surface area (Å²) in [4.78, 5) is 10.9. The largest absolute Gasteiger partial charge is 0.417 e. The van der Waals surface area contributed by atoms with Gasteiger partial charge in [-0.1, -0.05) is 13.8 Å². The number of rotatable bonds is 5. The number of aromatic nitrogens is 3. The molecule has 10 heteroatoms. The van der Waals surface area contributed by atoms with Gasteiger partial charge in [0.05, 0.1) is 17.9 Å². The molecule has 0 spiro atoms. The van der Waals surface area contributed by atoms with E-state index in [1.165, 1.54) is 18.6 Å². The SMILES string of the molecule is CC1(C)C(O)C[C@H]1Nc1nc(NCc2c[nH+]ccc2C(F)(F)F)ncc1C#N. The van der Waals surface area contributed by atoms with Crippen molar-refractivity contribution in [3.63, 3.8) is 0 Å². The highest BCUT2D eigenvalue weighted by Gasteiger charge is 2.47. The first-order valence-corrected chi connectivity index (χ1v) is 8.64. The predicted octanol–water partition coefficient (Wildman–Crippen LogP) is 2.36. The lowest BCUT2D eigenvalue weighted by Gasteiger charge is -2.49. The molecular weight excluding hydrogens is 373 g/mol. The summed E-state index contributed by atoms with van der Waals surface area (Å²) in [6, 6.07) is 2.87. The standard InChI is InChI=1S/C18H19F3N6O/c1-17(2)13(5-14(17)28)26-15-10(6-22)8-24-16(27-15)25-9-11-7-23-4-3-12(11)18(19,20)21/h3-4,7-8,13-14,28H,5,9H2,1-2H3,(H2,24,25,26,27)/p+1/t13-,14?/m1/s1. The van der Waals surface area contributed by atoms with Crippen molar-refractivity contribution in [2.24, 2.45) is 5.41 Å². The molecule has 0 saturated heterocycles. The predicted molar refractivity (Wildman–Crippen MR) is 93.9 cm³/mol. The van der Waals surface area contributed by atoms with Gasteiger partial charge in [-0.15, -0.1) is 0 Å². The molecule has 0 aromatic carbocycles. The Morgan fingerprint density at radius 1 is 1.43 bits per heavy atom. The minimum absolute atomic E-state index is 0.0146. The highest BCUT2D eigenvalue weighted by Crippen LogP contribution is 2.42. The van der Waals surface area contributed by atoms with E-state index >= 15 is 0 Å². The first kappa shape index (κ1) is 19.8. The summed E-state index contributed by atoms with van der Waals surface area (Å²) in [7, 11) is 0. The van der Waals surface area contributed by atoms with Gasteiger partial charge in [0.2, 0.25) is 5.95 Å². The van der Waals surface area contributed by atoms with Crippen LogP contribution in [0.1, 0.15) is 37.0 Å². The molecule has 2 heterocycles. The Labute approximate surface area is 159 Å². The number of aliphatic hydroxyl groups is 1. The molecule has 2 atom stereocenters. The van der Waals surface area contributed by atoms with Gasteiger partial charge in [-0.3, -0.25) is 0 Å². The molecule has 2 aromatic heterocycles. The second-order valence-electron chi connectivity index (χ2n) is 7.27. The molecule has 1 aliphatic rings. The molecule has 1 unspecified atom stereocenters. The third-order valence-corrected chi connectivity index (χ3v) is 5.13. The van der Waals surface area contributed by atoms with Crippen LogP contribution in [0.15, 0.2) is 24.7 Å². The average Bonchev–Trinajstić information content (AvgIpc) is 2.65. The van der Waals surface area contributed by atoms with Gasteiger partial charge in [-0.2, -0.15) is 23.4 Å². The van der Waals surface area contributed by atoms with E-state index in [0.29, 0.717) is 6.42 Å². The van der Waals surface area contributed by atoms with Gasteiger partial charge in [0.1, 0.15) is 17.5 Å². The Hall–Kier alpha value is -2.93. The summed E-state index contributed by atoms with van der Waals surface area (Å²) >= 11 is 0. The molecule has 0 aliphatic heterocycles. The van der Waals surface area contributed by atoms with Gasteiger partial charge in [-0.05, 0) is 6.42 Å². The van der Waals surface area contributed by atoms with E-state index in [2.05, 4.69) is 25.6 Å². The molecule has 2 aromatic rings. The number of anilines is 2. The Bertz CT molecular complexity index is 909. The summed E-state index contributed by atoms with van der Waals surface area (Å²) in [6.45, 7) is 3.65. The highest BCUT2D eigenvalue weighted by atomic mass is 19.4. The van der Waals surface area contributed by atoms with Crippen LogP contribution in [0.2, 0.25) is 0 Å². The van der Waals surface area contributed by atoms with Crippen molar-refractivity contribution in [2.45, 2.75) is 45.1 Å². The number of nitriles is 1. The summed E-state index contributed by atoms with van der Waals surface area (Å²) in [5.41, 5.74) is -0.907. The molecule has 0 amide bonds. The van der Waals surface area contributed by atoms with Gasteiger partial charge in [0.15, 0.2) is 12.4 Å². The molecule has 0 radical (unpaired) electrons. The monoisotopic (exact) mass is 393 g/mol. The number of alkyl halides is 3. The smallest absolute Gasteiger partial charge is 0.392 e. The first-order valence-electron chi connectivity index (χ1n) is 8.64. The van der Waals surface area contributed by atoms with Crippen LogP contribution in [0.3, 0.4) is 0 Å². The van der Waals surface area contributed by atoms with E-state index in [-0.39, 0.29) is 40.9 Å². The Morgan fingerprint density at radius 3 is 2.79 bits per heavy atom. The van der Waals surface area contributed by atoms with Crippen molar-refractivity contribution in [2.75, 3.05) is 10.6 Å². The molecule has 1 fully saturated rings. The summed E-state index contributed by atoms with van der Waals surface area (Å²) in [5, 5.41) is 25.0. The average molecular weight is 393 g/mol. The molecule has 7 nitrogen and oxygen atoms in total. The number of aromatic amines is 1. The molecule has 1 aliphatic carbocycles. The zero-order chi connectivity index (χ0) is 20.5. The number of hydrogen-bond donors (Lipinski definition) is 3. The number of nitrogens with one attached hydrogen (secondary N) is 3. The number of nitrogens with zero attached hydrogens (tertiary/aromatic N) is 3. The van der Waals surface area contributed by atoms with E-state index in [0.717, 1.165) is 6.07 Å². The van der Waals surface area contributed by atoms with Gasteiger partial charge in [0, 0.05) is 29.6 Å². The van der Waals surface area contributed by atoms with E-state index in [9.17, 15) is 23.5 Å². The topological polar surface area (TPSA) is 108 Å². The van der Waals surface area contributed by atoms with Crippen LogP contribution in [0.4, 0.5) is 24.9 Å². The van der Waals surface area contributed by atoms with Gasteiger partial charge < -0.3 is 15.7 Å². The first-order chi connectivity index (χ1) is 13.1. The maximum atomic E-state index is 13.1. The third-order valence-electron chi connectivity index (χ3n) is 5.13. The van der Waals surface area contributed by atoms with Crippen molar-refractivity contribution >= 4 is 11.8 Å². The van der Waals surface area contributed by atoms with Crippen LogP contribution in [-0.2, 0) is 12.7 Å². The molecular formula is C18H20F3N6O+. The van der Waals surface area contributed by atoms with Crippen molar-refractivity contribution < 1.29 is 23.3 Å². The quantitative estimate of drug-likeness (QED) is 0.720. The summed E-state index contributed by atoms with van der Waals surface area (Å²) in [6.07, 6.45) is -0.634. The zero-order valence-corrected chi connectivity index (χ0v) is 15.3. The summed E-state index contributed by atoms with van der Waals surface area (Å²) < 4.78 is 39.3. The van der Waals surface area contributed by atoms with E-state index in [1.807, 2.05) is 19.9 Å². The molecule has 28 heavy (non-hydrogen) atoms. The van der Waals surface area contributed by atoms with Gasteiger partial charge >= 0.3 is 6.18 Å². The van der Waals surface area contributed by atoms with Gasteiger partial charge in [0.25, 0.3) is 0 Å². The van der Waals surface area contributed by atoms with E-state index in [4.69, 9.17) is 0 Å². The Balaban J connectivity index is 1.77.